The number of methoxy groups -OCH3 is 1. The Kier molecular flexibility index (Phi) is 7.06. The van der Waals surface area contributed by atoms with Crippen molar-refractivity contribution in [3.63, 3.8) is 0 Å². The first kappa shape index (κ1) is 21.3. The fraction of sp³-hybridized carbons (Fsp3) is 0.400. The number of nitrogens with zero attached hydrogens (tertiary/aromatic N) is 1. The number of rotatable bonds is 8. The molecular formula is C20H24N2O6. The van der Waals surface area contributed by atoms with Crippen molar-refractivity contribution in [1.82, 2.24) is 10.2 Å². The van der Waals surface area contributed by atoms with Gasteiger partial charge in [-0.05, 0) is 31.9 Å². The summed E-state index contributed by atoms with van der Waals surface area (Å²) >= 11 is 0. The van der Waals surface area contributed by atoms with E-state index >= 15 is 0 Å². The number of esters is 1. The molecule has 1 aromatic carbocycles. The van der Waals surface area contributed by atoms with E-state index in [1.54, 1.807) is 26.0 Å². The number of β-lactam (4-membered cyclic amide) rings is 1. The maximum atomic E-state index is 12.7. The lowest BCUT2D eigenvalue weighted by Gasteiger charge is -2.46. The van der Waals surface area contributed by atoms with Gasteiger partial charge in [0.05, 0.1) is 13.5 Å². The van der Waals surface area contributed by atoms with Gasteiger partial charge in [0.15, 0.2) is 18.1 Å². The minimum absolute atomic E-state index is 0.0367. The molecule has 8 nitrogen and oxygen atoms in total. The van der Waals surface area contributed by atoms with Crippen molar-refractivity contribution in [1.29, 1.82) is 0 Å². The number of benzene rings is 1. The maximum Gasteiger partial charge on any atom is 0.354 e. The zero-order valence-electron chi connectivity index (χ0n) is 16.4. The van der Waals surface area contributed by atoms with Crippen molar-refractivity contribution in [2.45, 2.75) is 39.5 Å². The van der Waals surface area contributed by atoms with Gasteiger partial charge in [-0.1, -0.05) is 30.3 Å². The average Bonchev–Trinajstić information content (AvgIpc) is 2.65. The van der Waals surface area contributed by atoms with Crippen LogP contribution in [0.4, 0.5) is 0 Å². The second-order valence-electron chi connectivity index (χ2n) is 6.66. The molecule has 8 heteroatoms. The largest absolute Gasteiger partial charge is 0.464 e. The molecule has 1 saturated heterocycles. The van der Waals surface area contributed by atoms with Crippen molar-refractivity contribution >= 4 is 23.6 Å². The minimum atomic E-state index is -0.991. The summed E-state index contributed by atoms with van der Waals surface area (Å²) in [7, 11) is 1.21. The molecule has 28 heavy (non-hydrogen) atoms. The normalized spacial score (nSPS) is 18.1. The molecule has 0 spiro atoms. The molecule has 1 aliphatic heterocycles. The van der Waals surface area contributed by atoms with Crippen LogP contribution in [0, 0.1) is 0 Å². The first-order valence-electron chi connectivity index (χ1n) is 8.79. The second-order valence-corrected chi connectivity index (χ2v) is 6.66. The van der Waals surface area contributed by atoms with Crippen LogP contribution in [0.25, 0.3) is 0 Å². The van der Waals surface area contributed by atoms with Gasteiger partial charge in [0, 0.05) is 0 Å². The highest BCUT2D eigenvalue weighted by Gasteiger charge is 2.52. The van der Waals surface area contributed by atoms with E-state index in [2.05, 4.69) is 5.32 Å². The number of amides is 2. The number of Topliss-reactive ketones (excluding diaryl/α,β-unsaturated/α-hetero) is 1. The van der Waals surface area contributed by atoms with E-state index in [-0.39, 0.29) is 30.4 Å². The smallest absolute Gasteiger partial charge is 0.354 e. The quantitative estimate of drug-likeness (QED) is 0.404. The van der Waals surface area contributed by atoms with Crippen LogP contribution in [0.2, 0.25) is 0 Å². The lowest BCUT2D eigenvalue weighted by molar-refractivity contribution is -0.183. The van der Waals surface area contributed by atoms with E-state index < -0.39 is 24.1 Å². The highest BCUT2D eigenvalue weighted by Crippen LogP contribution is 2.29. The monoisotopic (exact) mass is 388 g/mol. The van der Waals surface area contributed by atoms with Crippen LogP contribution in [0.1, 0.15) is 26.3 Å². The standard InChI is InChI=1S/C20H24N2O6/c1-12(2)17(20(26)27-4)22-18(25)16(19(22)28-11-13(3)23)21-15(24)10-14-8-6-5-7-9-14/h5-9,16,19H,10-11H2,1-4H3,(H,21,24). The summed E-state index contributed by atoms with van der Waals surface area (Å²) < 4.78 is 10.3. The number of allylic oxidation sites excluding steroid dienone is 1. The van der Waals surface area contributed by atoms with E-state index in [1.807, 2.05) is 18.2 Å². The van der Waals surface area contributed by atoms with Crippen LogP contribution in [0.3, 0.4) is 0 Å². The van der Waals surface area contributed by atoms with Crippen LogP contribution in [0.5, 0.6) is 0 Å². The van der Waals surface area contributed by atoms with Gasteiger partial charge in [-0.25, -0.2) is 4.79 Å². The molecule has 0 aromatic heterocycles. The van der Waals surface area contributed by atoms with Crippen molar-refractivity contribution in [3.05, 3.63) is 47.2 Å². The molecule has 0 bridgehead atoms. The van der Waals surface area contributed by atoms with Crippen molar-refractivity contribution in [2.75, 3.05) is 13.7 Å². The number of ketones is 1. The molecular weight excluding hydrogens is 364 g/mol. The molecule has 0 radical (unpaired) electrons. The van der Waals surface area contributed by atoms with Gasteiger partial charge in [0.1, 0.15) is 12.3 Å². The van der Waals surface area contributed by atoms with E-state index in [1.165, 1.54) is 14.0 Å². The SMILES string of the molecule is COC(=O)C(=C(C)C)N1C(=O)C(NC(=O)Cc2ccccc2)C1OCC(C)=O. The summed E-state index contributed by atoms with van der Waals surface area (Å²) in [6, 6.07) is 8.08. The zero-order valence-corrected chi connectivity index (χ0v) is 16.4. The van der Waals surface area contributed by atoms with Crippen LogP contribution in [-0.4, -0.2) is 54.5 Å². The van der Waals surface area contributed by atoms with Crippen LogP contribution >= 0.6 is 0 Å². The molecule has 0 saturated carbocycles. The van der Waals surface area contributed by atoms with Gasteiger partial charge in [-0.3, -0.25) is 19.3 Å². The number of ether oxygens (including phenoxy) is 2. The van der Waals surface area contributed by atoms with Gasteiger partial charge in [-0.15, -0.1) is 0 Å². The molecule has 1 fully saturated rings. The highest BCUT2D eigenvalue weighted by molar-refractivity contribution is 6.01. The lowest BCUT2D eigenvalue weighted by atomic mass is 10.0. The summed E-state index contributed by atoms with van der Waals surface area (Å²) in [6.07, 6.45) is -0.878. The van der Waals surface area contributed by atoms with E-state index in [0.29, 0.717) is 5.57 Å². The summed E-state index contributed by atoms with van der Waals surface area (Å²) in [5, 5.41) is 2.63. The molecule has 1 heterocycles. The van der Waals surface area contributed by atoms with Crippen molar-refractivity contribution in [3.8, 4) is 0 Å². The number of likely N-dealkylation sites (tertiary alicyclic amines) is 1. The number of hydrogen-bond acceptors (Lipinski definition) is 6. The van der Waals surface area contributed by atoms with Gasteiger partial charge in [0.2, 0.25) is 5.91 Å². The van der Waals surface area contributed by atoms with Crippen molar-refractivity contribution in [2.24, 2.45) is 0 Å². The van der Waals surface area contributed by atoms with Gasteiger partial charge in [-0.2, -0.15) is 0 Å². The van der Waals surface area contributed by atoms with Crippen molar-refractivity contribution < 1.29 is 28.7 Å². The van der Waals surface area contributed by atoms with Gasteiger partial charge >= 0.3 is 5.97 Å². The Balaban J connectivity index is 2.18. The Bertz CT molecular complexity index is 798. The predicted octanol–water partition coefficient (Wildman–Crippen LogP) is 0.955. The number of hydrogen-bond donors (Lipinski definition) is 1. The average molecular weight is 388 g/mol. The third-order valence-electron chi connectivity index (χ3n) is 4.12. The van der Waals surface area contributed by atoms with Gasteiger partial charge in [0.25, 0.3) is 5.91 Å². The molecule has 150 valence electrons. The fourth-order valence-corrected chi connectivity index (χ4v) is 2.85. The van der Waals surface area contributed by atoms with E-state index in [9.17, 15) is 19.2 Å². The Hall–Kier alpha value is -3.00. The summed E-state index contributed by atoms with van der Waals surface area (Å²) in [5.74, 6) is -1.81. The topological polar surface area (TPSA) is 102 Å². The van der Waals surface area contributed by atoms with Crippen LogP contribution in [-0.2, 0) is 35.1 Å². The first-order chi connectivity index (χ1) is 13.3. The number of carbonyl (C=O) groups excluding carboxylic acids is 4. The van der Waals surface area contributed by atoms with E-state index in [0.717, 1.165) is 10.5 Å². The summed E-state index contributed by atoms with van der Waals surface area (Å²) in [5.41, 5.74) is 1.38. The molecule has 2 unspecified atom stereocenters. The van der Waals surface area contributed by atoms with E-state index in [4.69, 9.17) is 9.47 Å². The lowest BCUT2D eigenvalue weighted by Crippen LogP contribution is -2.72. The second kappa shape index (κ2) is 9.27. The van der Waals surface area contributed by atoms with Gasteiger partial charge < -0.3 is 14.8 Å². The molecule has 2 amide bonds. The zero-order chi connectivity index (χ0) is 20.8. The summed E-state index contributed by atoms with van der Waals surface area (Å²) in [6.45, 7) is 4.40. The Morgan fingerprint density at radius 1 is 1.11 bits per heavy atom. The Labute approximate surface area is 163 Å². The number of carbonyl (C=O) groups is 4. The Morgan fingerprint density at radius 3 is 2.29 bits per heavy atom. The highest BCUT2D eigenvalue weighted by atomic mass is 16.5. The predicted molar refractivity (Wildman–Crippen MR) is 99.7 cm³/mol. The van der Waals surface area contributed by atoms with Crippen LogP contribution in [0.15, 0.2) is 41.6 Å². The Morgan fingerprint density at radius 2 is 1.75 bits per heavy atom. The molecule has 1 aromatic rings. The molecule has 2 rings (SSSR count). The third-order valence-corrected chi connectivity index (χ3v) is 4.12. The summed E-state index contributed by atoms with van der Waals surface area (Å²) in [4.78, 5) is 49.6. The fourth-order valence-electron chi connectivity index (χ4n) is 2.85. The molecule has 1 N–H and O–H groups in total. The maximum absolute atomic E-state index is 12.7. The number of nitrogens with one attached hydrogen (secondary N) is 1. The molecule has 2 atom stereocenters. The minimum Gasteiger partial charge on any atom is -0.464 e. The third kappa shape index (κ3) is 4.83. The van der Waals surface area contributed by atoms with Crippen LogP contribution < -0.4 is 5.32 Å². The molecule has 0 aliphatic carbocycles. The first-order valence-corrected chi connectivity index (χ1v) is 8.79. The molecule has 1 aliphatic rings.